The molecule has 10 heteroatoms. The van der Waals surface area contributed by atoms with Crippen LogP contribution >= 0.6 is 23.2 Å². The van der Waals surface area contributed by atoms with Gasteiger partial charge in [-0.05, 0) is 48.7 Å². The lowest BCUT2D eigenvalue weighted by molar-refractivity contribution is -0.161. The molecule has 2 amide bonds. The zero-order chi connectivity index (χ0) is 30.5. The number of para-hydroxylation sites is 1. The molecule has 2 fully saturated rings. The van der Waals surface area contributed by atoms with Crippen molar-refractivity contribution in [3.8, 4) is 11.5 Å². The predicted octanol–water partition coefficient (Wildman–Crippen LogP) is 5.84. The van der Waals surface area contributed by atoms with Crippen LogP contribution in [-0.4, -0.2) is 77.4 Å². The number of amides is 2. The first kappa shape index (κ1) is 29.0. The van der Waals surface area contributed by atoms with Gasteiger partial charge in [-0.25, -0.2) is 0 Å². The van der Waals surface area contributed by atoms with Crippen molar-refractivity contribution in [3.63, 3.8) is 0 Å². The van der Waals surface area contributed by atoms with Gasteiger partial charge in [-0.15, -0.1) is 0 Å². The summed E-state index contributed by atoms with van der Waals surface area (Å²) in [5.41, 5.74) is 4.71. The molecule has 0 saturated carbocycles. The van der Waals surface area contributed by atoms with Crippen molar-refractivity contribution >= 4 is 45.9 Å². The van der Waals surface area contributed by atoms with Crippen molar-refractivity contribution in [3.05, 3.63) is 93.1 Å². The highest BCUT2D eigenvalue weighted by Crippen LogP contribution is 2.46. The van der Waals surface area contributed by atoms with E-state index in [2.05, 4.69) is 16.0 Å². The summed E-state index contributed by atoms with van der Waals surface area (Å²) in [5.74, 6) is 1.20. The Bertz CT molecular complexity index is 1730. The fourth-order valence-corrected chi connectivity index (χ4v) is 7.78. The van der Waals surface area contributed by atoms with Gasteiger partial charge in [0.2, 0.25) is 11.8 Å². The molecule has 1 aromatic heterocycles. The predicted molar refractivity (Wildman–Crippen MR) is 170 cm³/mol. The highest BCUT2D eigenvalue weighted by atomic mass is 35.5. The first-order valence-corrected chi connectivity index (χ1v) is 15.7. The summed E-state index contributed by atoms with van der Waals surface area (Å²) in [6, 6.07) is 18.2. The molecular formula is C34H34Cl2N4O4. The van der Waals surface area contributed by atoms with Gasteiger partial charge < -0.3 is 24.3 Å². The summed E-state index contributed by atoms with van der Waals surface area (Å²) in [4.78, 5) is 38.1. The Kier molecular flexibility index (Phi) is 7.69. The lowest BCUT2D eigenvalue weighted by atomic mass is 9.85. The highest BCUT2D eigenvalue weighted by Gasteiger charge is 2.50. The number of aromatic nitrogens is 1. The van der Waals surface area contributed by atoms with E-state index in [4.69, 9.17) is 32.7 Å². The van der Waals surface area contributed by atoms with Gasteiger partial charge in [-0.1, -0.05) is 47.5 Å². The standard InChI is InChI=1S/C34H34Cl2N4O4/c1-43-21-10-11-23(30(16-21)44-2)33-32-24(22-6-3-4-9-28(22)37-32)17-29-34(42)39(19-31(41)40(29)33)20-12-14-38(15-13-20)18-25-26(35)7-5-8-27(25)36/h3-11,16,20,29,33,37H,12-15,17-19H2,1-2H3/t29-,33-/m1/s1. The number of nitrogens with zero attached hydrogens (tertiary/aromatic N) is 3. The number of carbonyl (C=O) groups excluding carboxylic acids is 2. The SMILES string of the molecule is COc1ccc([C@@H]2c3[nH]c4ccccc4c3C[C@@H]3C(=O)N(C4CCN(Cc5c(Cl)cccc5Cl)CC4)CC(=O)N23)c(OC)c1. The quantitative estimate of drug-likeness (QED) is 0.289. The number of rotatable bonds is 6. The zero-order valence-electron chi connectivity index (χ0n) is 24.7. The first-order chi connectivity index (χ1) is 21.4. The maximum Gasteiger partial charge on any atom is 0.246 e. The van der Waals surface area contributed by atoms with E-state index in [1.54, 1.807) is 19.1 Å². The average Bonchev–Trinajstić information content (AvgIpc) is 3.42. The number of aromatic amines is 1. The van der Waals surface area contributed by atoms with Gasteiger partial charge in [0, 0.05) is 75.9 Å². The number of nitrogens with one attached hydrogen (secondary N) is 1. The third kappa shape index (κ3) is 4.89. The fourth-order valence-electron chi connectivity index (χ4n) is 7.26. The molecule has 2 saturated heterocycles. The molecule has 0 bridgehead atoms. The molecule has 4 aromatic rings. The van der Waals surface area contributed by atoms with Crippen LogP contribution in [0.3, 0.4) is 0 Å². The van der Waals surface area contributed by atoms with E-state index in [0.29, 0.717) is 34.5 Å². The van der Waals surface area contributed by atoms with Crippen LogP contribution in [0.25, 0.3) is 10.9 Å². The largest absolute Gasteiger partial charge is 0.497 e. The number of hydrogen-bond acceptors (Lipinski definition) is 5. The van der Waals surface area contributed by atoms with Crippen LogP contribution in [0.15, 0.2) is 60.7 Å². The van der Waals surface area contributed by atoms with Crippen molar-refractivity contribution < 1.29 is 19.1 Å². The van der Waals surface area contributed by atoms with Crippen LogP contribution in [-0.2, 0) is 22.6 Å². The minimum Gasteiger partial charge on any atom is -0.497 e. The summed E-state index contributed by atoms with van der Waals surface area (Å²) in [5, 5.41) is 2.39. The maximum absolute atomic E-state index is 14.4. The number of H-pyrrole nitrogens is 1. The summed E-state index contributed by atoms with van der Waals surface area (Å²) in [7, 11) is 3.22. The molecule has 8 nitrogen and oxygen atoms in total. The number of methoxy groups -OCH3 is 2. The van der Waals surface area contributed by atoms with Gasteiger partial charge in [0.25, 0.3) is 0 Å². The van der Waals surface area contributed by atoms with Gasteiger partial charge in [-0.2, -0.15) is 0 Å². The van der Waals surface area contributed by atoms with Gasteiger partial charge in [0.05, 0.1) is 14.2 Å². The molecule has 7 rings (SSSR count). The van der Waals surface area contributed by atoms with E-state index in [0.717, 1.165) is 59.2 Å². The van der Waals surface area contributed by atoms with Crippen LogP contribution in [0.2, 0.25) is 10.0 Å². The van der Waals surface area contributed by atoms with E-state index in [-0.39, 0.29) is 24.4 Å². The van der Waals surface area contributed by atoms with Crippen LogP contribution in [0, 0.1) is 0 Å². The van der Waals surface area contributed by atoms with Crippen LogP contribution in [0.1, 0.15) is 41.3 Å². The molecule has 44 heavy (non-hydrogen) atoms. The van der Waals surface area contributed by atoms with E-state index in [9.17, 15) is 9.59 Å². The first-order valence-electron chi connectivity index (χ1n) is 15.0. The Morgan fingerprint density at radius 2 is 1.68 bits per heavy atom. The van der Waals surface area contributed by atoms with Crippen LogP contribution in [0.5, 0.6) is 11.5 Å². The summed E-state index contributed by atoms with van der Waals surface area (Å²) < 4.78 is 11.3. The Morgan fingerprint density at radius 1 is 0.932 bits per heavy atom. The number of benzene rings is 3. The minimum atomic E-state index is -0.611. The highest BCUT2D eigenvalue weighted by molar-refractivity contribution is 6.36. The van der Waals surface area contributed by atoms with Crippen LogP contribution < -0.4 is 9.47 Å². The third-order valence-corrected chi connectivity index (χ3v) is 10.2. The second kappa shape index (κ2) is 11.7. The summed E-state index contributed by atoms with van der Waals surface area (Å²) >= 11 is 12.9. The zero-order valence-corrected chi connectivity index (χ0v) is 26.2. The molecular weight excluding hydrogens is 599 g/mol. The number of piperidine rings is 1. The average molecular weight is 634 g/mol. The Labute approximate surface area is 266 Å². The normalized spacial score (nSPS) is 21.0. The fraction of sp³-hybridized carbons (Fsp3) is 0.353. The van der Waals surface area contributed by atoms with Gasteiger partial charge in [-0.3, -0.25) is 14.5 Å². The van der Waals surface area contributed by atoms with Gasteiger partial charge >= 0.3 is 0 Å². The topological polar surface area (TPSA) is 78.1 Å². The molecule has 4 heterocycles. The lowest BCUT2D eigenvalue weighted by Gasteiger charge is -2.49. The number of ether oxygens (including phenoxy) is 2. The van der Waals surface area contributed by atoms with Crippen molar-refractivity contribution in [1.82, 2.24) is 19.7 Å². The molecule has 228 valence electrons. The number of halogens is 2. The minimum absolute atomic E-state index is 0.00519. The maximum atomic E-state index is 14.4. The molecule has 3 aliphatic rings. The van der Waals surface area contributed by atoms with E-state index in [1.165, 1.54) is 0 Å². The molecule has 2 atom stereocenters. The van der Waals surface area contributed by atoms with E-state index >= 15 is 0 Å². The number of likely N-dealkylation sites (tertiary alicyclic amines) is 1. The second-order valence-corrected chi connectivity index (χ2v) is 12.6. The smallest absolute Gasteiger partial charge is 0.246 e. The van der Waals surface area contributed by atoms with Crippen molar-refractivity contribution in [2.24, 2.45) is 0 Å². The molecule has 3 aliphatic heterocycles. The molecule has 1 N–H and O–H groups in total. The van der Waals surface area contributed by atoms with Crippen LogP contribution in [0.4, 0.5) is 0 Å². The van der Waals surface area contributed by atoms with Crippen molar-refractivity contribution in [2.75, 3.05) is 33.9 Å². The molecule has 0 spiro atoms. The summed E-state index contributed by atoms with van der Waals surface area (Å²) in [6.45, 7) is 2.29. The third-order valence-electron chi connectivity index (χ3n) is 9.47. The Hall–Kier alpha value is -3.72. The van der Waals surface area contributed by atoms with Gasteiger partial charge in [0.15, 0.2) is 0 Å². The molecule has 3 aromatic carbocycles. The summed E-state index contributed by atoms with van der Waals surface area (Å²) in [6.07, 6.45) is 2.02. The van der Waals surface area contributed by atoms with E-state index < -0.39 is 12.1 Å². The molecule has 0 aliphatic carbocycles. The lowest BCUT2D eigenvalue weighted by Crippen LogP contribution is -2.65. The van der Waals surface area contributed by atoms with Crippen molar-refractivity contribution in [2.45, 2.75) is 43.9 Å². The number of piperazine rings is 1. The van der Waals surface area contributed by atoms with Gasteiger partial charge in [0.1, 0.15) is 30.1 Å². The monoisotopic (exact) mass is 632 g/mol. The van der Waals surface area contributed by atoms with E-state index in [1.807, 2.05) is 59.5 Å². The number of carbonyl (C=O) groups is 2. The second-order valence-electron chi connectivity index (χ2n) is 11.8. The number of fused-ring (bicyclic) bond motifs is 4. The molecule has 0 radical (unpaired) electrons. The molecule has 0 unspecified atom stereocenters. The Morgan fingerprint density at radius 3 is 2.41 bits per heavy atom. The Balaban J connectivity index is 1.19. The number of hydrogen-bond donors (Lipinski definition) is 1. The van der Waals surface area contributed by atoms with Crippen molar-refractivity contribution in [1.29, 1.82) is 0 Å².